The molecule has 0 aliphatic rings. The number of benzene rings is 1. The average molecular weight is 360 g/mol. The van der Waals surface area contributed by atoms with Crippen molar-refractivity contribution >= 4 is 34.9 Å². The quantitative estimate of drug-likeness (QED) is 0.172. The summed E-state index contributed by atoms with van der Waals surface area (Å²) in [6, 6.07) is 4.86. The zero-order chi connectivity index (χ0) is 19.7. The third-order valence-electron chi connectivity index (χ3n) is 3.00. The van der Waals surface area contributed by atoms with Gasteiger partial charge in [-0.05, 0) is 13.8 Å². The van der Waals surface area contributed by atoms with E-state index in [1.165, 1.54) is 24.3 Å². The zero-order valence-corrected chi connectivity index (χ0v) is 14.1. The van der Waals surface area contributed by atoms with Crippen molar-refractivity contribution in [2.45, 2.75) is 13.8 Å². The number of carbonyl (C=O) groups excluding carboxylic acids is 4. The number of nitrogens with zero attached hydrogens (tertiary/aromatic N) is 2. The topological polar surface area (TPSA) is 163 Å². The molecule has 0 fully saturated rings. The van der Waals surface area contributed by atoms with Crippen molar-refractivity contribution in [1.82, 2.24) is 0 Å². The first kappa shape index (κ1) is 20.3. The highest BCUT2D eigenvalue weighted by atomic mass is 16.5. The third kappa shape index (κ3) is 4.64. The van der Waals surface area contributed by atoms with Gasteiger partial charge in [-0.2, -0.15) is 0 Å². The summed E-state index contributed by atoms with van der Waals surface area (Å²) in [7, 11) is 0. The number of Topliss-reactive ketones (excluding diaryl/α,β-unsaturated/α-hetero) is 2. The number of hydrogen-bond acceptors (Lipinski definition) is 8. The van der Waals surface area contributed by atoms with Gasteiger partial charge in [0, 0.05) is 11.1 Å². The number of carbonyl (C=O) groups is 4. The molecule has 0 amide bonds. The van der Waals surface area contributed by atoms with E-state index >= 15 is 0 Å². The monoisotopic (exact) mass is 360 g/mol. The van der Waals surface area contributed by atoms with E-state index in [0.717, 1.165) is 0 Å². The van der Waals surface area contributed by atoms with Crippen molar-refractivity contribution in [3.8, 4) is 0 Å². The Balaban J connectivity index is 3.08. The Morgan fingerprint density at radius 3 is 1.31 bits per heavy atom. The molecule has 2 N–H and O–H groups in total. The van der Waals surface area contributed by atoms with Crippen molar-refractivity contribution in [2.24, 2.45) is 0 Å². The first-order chi connectivity index (χ1) is 12.4. The van der Waals surface area contributed by atoms with Gasteiger partial charge in [0.1, 0.15) is 0 Å². The van der Waals surface area contributed by atoms with Crippen molar-refractivity contribution in [2.75, 3.05) is 13.2 Å². The maximum atomic E-state index is 12.2. The summed E-state index contributed by atoms with van der Waals surface area (Å²) < 4.78 is 9.28. The fourth-order valence-corrected chi connectivity index (χ4v) is 1.82. The van der Waals surface area contributed by atoms with Crippen LogP contribution in [0, 0.1) is 11.1 Å². The second-order valence-corrected chi connectivity index (χ2v) is 4.60. The molecule has 0 aliphatic carbocycles. The molecule has 1 aromatic rings. The van der Waals surface area contributed by atoms with Crippen LogP contribution in [0.5, 0.6) is 0 Å². The molecular formula is C16H16N4O6+2. The minimum atomic E-state index is -1.03. The Kier molecular flexibility index (Phi) is 7.44. The van der Waals surface area contributed by atoms with Gasteiger partial charge in [0.2, 0.25) is 0 Å². The molecular weight excluding hydrogens is 344 g/mol. The Hall–Kier alpha value is -3.74. The molecule has 1 rings (SSSR count). The fraction of sp³-hybridized carbons (Fsp3) is 0.250. The van der Waals surface area contributed by atoms with Crippen LogP contribution in [-0.2, 0) is 19.1 Å². The van der Waals surface area contributed by atoms with Crippen molar-refractivity contribution in [3.63, 3.8) is 0 Å². The van der Waals surface area contributed by atoms with E-state index < -0.39 is 34.9 Å². The Morgan fingerprint density at radius 2 is 1.08 bits per heavy atom. The molecule has 0 saturated heterocycles. The van der Waals surface area contributed by atoms with Crippen LogP contribution in [0.2, 0.25) is 0 Å². The number of ketones is 2. The highest BCUT2D eigenvalue weighted by Gasteiger charge is 2.36. The lowest BCUT2D eigenvalue weighted by molar-refractivity contribution is -0.151. The van der Waals surface area contributed by atoms with Crippen LogP contribution in [0.3, 0.4) is 0 Å². The van der Waals surface area contributed by atoms with Crippen LogP contribution in [-0.4, -0.2) is 57.7 Å². The van der Waals surface area contributed by atoms with Crippen LogP contribution in [0.15, 0.2) is 24.3 Å². The molecule has 10 nitrogen and oxygen atoms in total. The molecule has 0 spiro atoms. The highest BCUT2D eigenvalue weighted by molar-refractivity contribution is 6.66. The van der Waals surface area contributed by atoms with E-state index in [9.17, 15) is 19.2 Å². The van der Waals surface area contributed by atoms with Crippen molar-refractivity contribution in [3.05, 3.63) is 35.4 Å². The van der Waals surface area contributed by atoms with E-state index in [2.05, 4.69) is 19.1 Å². The maximum absolute atomic E-state index is 12.2. The van der Waals surface area contributed by atoms with Gasteiger partial charge in [0.15, 0.2) is 0 Å². The second-order valence-electron chi connectivity index (χ2n) is 4.60. The van der Waals surface area contributed by atoms with Crippen LogP contribution < -0.4 is 0 Å². The van der Waals surface area contributed by atoms with Crippen molar-refractivity contribution < 1.29 is 38.2 Å². The molecule has 10 heteroatoms. The van der Waals surface area contributed by atoms with Crippen molar-refractivity contribution in [1.29, 1.82) is 11.1 Å². The van der Waals surface area contributed by atoms with Crippen LogP contribution in [0.4, 0.5) is 0 Å². The second kappa shape index (κ2) is 9.53. The summed E-state index contributed by atoms with van der Waals surface area (Å²) in [5.74, 6) is -3.76. The molecule has 0 saturated carbocycles. The number of esters is 2. The smallest absolute Gasteiger partial charge is 0.457 e. The Bertz CT molecular complexity index is 775. The molecule has 0 heterocycles. The highest BCUT2D eigenvalue weighted by Crippen LogP contribution is 2.08. The molecule has 134 valence electrons. The number of rotatable bonds is 8. The lowest BCUT2D eigenvalue weighted by Crippen LogP contribution is -2.28. The van der Waals surface area contributed by atoms with Gasteiger partial charge in [-0.3, -0.25) is 9.59 Å². The first-order valence-corrected chi connectivity index (χ1v) is 7.43. The molecule has 26 heavy (non-hydrogen) atoms. The lowest BCUT2D eigenvalue weighted by Gasteiger charge is -1.99. The molecule has 0 atom stereocenters. The van der Waals surface area contributed by atoms with Gasteiger partial charge in [0.05, 0.1) is 33.9 Å². The van der Waals surface area contributed by atoms with Gasteiger partial charge in [0.25, 0.3) is 11.6 Å². The SMILES string of the molecule is CCOC(=O)C(=[N+]=N)C(=O)c1ccc(C(=O)C(=[N+]=N)C(=O)OCC)cc1. The lowest BCUT2D eigenvalue weighted by atomic mass is 10.0. The van der Waals surface area contributed by atoms with Gasteiger partial charge in [-0.25, -0.2) is 9.59 Å². The summed E-state index contributed by atoms with van der Waals surface area (Å²) in [6.07, 6.45) is 0. The van der Waals surface area contributed by atoms with Crippen LogP contribution in [0.1, 0.15) is 34.6 Å². The van der Waals surface area contributed by atoms with Gasteiger partial charge >= 0.3 is 23.4 Å². The predicted molar refractivity (Wildman–Crippen MR) is 84.3 cm³/mol. The van der Waals surface area contributed by atoms with Gasteiger partial charge in [-0.15, -0.1) is 0 Å². The summed E-state index contributed by atoms with van der Waals surface area (Å²) in [4.78, 5) is 53.4. The van der Waals surface area contributed by atoms with E-state index in [-0.39, 0.29) is 24.3 Å². The van der Waals surface area contributed by atoms with Crippen LogP contribution >= 0.6 is 0 Å². The maximum Gasteiger partial charge on any atom is 0.495 e. The van der Waals surface area contributed by atoms with E-state index in [0.29, 0.717) is 0 Å². The van der Waals surface area contributed by atoms with Gasteiger partial charge in [-0.1, -0.05) is 24.3 Å². The van der Waals surface area contributed by atoms with Gasteiger partial charge < -0.3 is 9.47 Å². The van der Waals surface area contributed by atoms with Crippen LogP contribution in [0.25, 0.3) is 0 Å². The first-order valence-electron chi connectivity index (χ1n) is 7.43. The number of ether oxygens (including phenoxy) is 2. The number of hydrogen-bond donors (Lipinski definition) is 2. The minimum absolute atomic E-state index is 0.0129. The number of nitrogens with one attached hydrogen (secondary N) is 2. The molecule has 0 radical (unpaired) electrons. The fourth-order valence-electron chi connectivity index (χ4n) is 1.82. The van der Waals surface area contributed by atoms with E-state index in [1.807, 2.05) is 0 Å². The molecule has 0 bridgehead atoms. The summed E-state index contributed by atoms with van der Waals surface area (Å²) >= 11 is 0. The normalized spacial score (nSPS) is 9.31. The Morgan fingerprint density at radius 1 is 0.769 bits per heavy atom. The van der Waals surface area contributed by atoms with E-state index in [1.54, 1.807) is 13.8 Å². The standard InChI is InChI=1S/C16H16N4O6/c1-3-25-15(23)11(19-17)13(21)9-5-7-10(8-6-9)14(22)12(20-18)16(24)26-4-2/h5-8,17-18H,3-4H2,1-2H3/q+2. The zero-order valence-electron chi connectivity index (χ0n) is 14.1. The predicted octanol–water partition coefficient (Wildman–Crippen LogP) is 0.539. The minimum Gasteiger partial charge on any atom is -0.457 e. The summed E-state index contributed by atoms with van der Waals surface area (Å²) in [6.45, 7) is 3.11. The molecule has 0 aromatic heterocycles. The summed E-state index contributed by atoms with van der Waals surface area (Å²) in [5, 5.41) is 0. The average Bonchev–Trinajstić information content (AvgIpc) is 2.63. The Labute approximate surface area is 147 Å². The molecule has 0 aliphatic heterocycles. The third-order valence-corrected chi connectivity index (χ3v) is 3.00. The molecule has 1 aromatic carbocycles. The largest absolute Gasteiger partial charge is 0.495 e. The van der Waals surface area contributed by atoms with E-state index in [4.69, 9.17) is 11.1 Å². The summed E-state index contributed by atoms with van der Waals surface area (Å²) in [5.41, 5.74) is 12.5. The molecule has 0 unspecified atom stereocenters.